The number of hydrogen-bond donors (Lipinski definition) is 2. The molecule has 0 saturated heterocycles. The van der Waals surface area contributed by atoms with Gasteiger partial charge in [-0.2, -0.15) is 0 Å². The summed E-state index contributed by atoms with van der Waals surface area (Å²) in [6, 6.07) is 11.2. The number of benzene rings is 1. The zero-order valence-electron chi connectivity index (χ0n) is 12.8. The van der Waals surface area contributed by atoms with E-state index in [0.717, 1.165) is 17.7 Å². The molecular formula is C17H18N2O3S. The van der Waals surface area contributed by atoms with Gasteiger partial charge in [0.05, 0.1) is 16.6 Å². The maximum absolute atomic E-state index is 12.6. The first-order valence-electron chi connectivity index (χ1n) is 7.57. The number of thioether (sulfide) groups is 1. The monoisotopic (exact) mass is 330 g/mol. The lowest BCUT2D eigenvalue weighted by Gasteiger charge is -2.17. The standard InChI is InChI=1S/C17H18N2O3S/c1-2-13(11-6-4-3-5-7-11)18-15(20)14-10-12(17(21)22)16-19(14)8-9-23-16/h3-7,10,13H,2,8-9H2,1H3,(H,18,20)(H,21,22)/t13-/m1/s1. The fraction of sp³-hybridized carbons (Fsp3) is 0.294. The van der Waals surface area contributed by atoms with E-state index in [2.05, 4.69) is 5.32 Å². The van der Waals surface area contributed by atoms with Gasteiger partial charge >= 0.3 is 5.97 Å². The fourth-order valence-corrected chi connectivity index (χ4v) is 3.94. The molecule has 3 rings (SSSR count). The van der Waals surface area contributed by atoms with Crippen LogP contribution in [0.3, 0.4) is 0 Å². The molecule has 1 aliphatic rings. The van der Waals surface area contributed by atoms with Gasteiger partial charge in [-0.05, 0) is 18.1 Å². The average Bonchev–Trinajstić information content (AvgIpc) is 3.15. The van der Waals surface area contributed by atoms with Crippen molar-refractivity contribution in [3.63, 3.8) is 0 Å². The minimum Gasteiger partial charge on any atom is -0.478 e. The molecule has 23 heavy (non-hydrogen) atoms. The number of carboxylic acids is 1. The van der Waals surface area contributed by atoms with Crippen molar-refractivity contribution < 1.29 is 14.7 Å². The summed E-state index contributed by atoms with van der Waals surface area (Å²) in [6.07, 6.45) is 0.768. The first-order chi connectivity index (χ1) is 11.1. The Hall–Kier alpha value is -2.21. The van der Waals surface area contributed by atoms with Crippen molar-refractivity contribution in [3.8, 4) is 0 Å². The number of carboxylic acid groups (broad SMARTS) is 1. The summed E-state index contributed by atoms with van der Waals surface area (Å²) < 4.78 is 1.81. The van der Waals surface area contributed by atoms with Gasteiger partial charge in [-0.3, -0.25) is 4.79 Å². The number of nitrogens with one attached hydrogen (secondary N) is 1. The SMILES string of the molecule is CC[C@@H](NC(=O)c1cc(C(=O)O)c2n1CCS2)c1ccccc1. The van der Waals surface area contributed by atoms with Gasteiger partial charge in [0.2, 0.25) is 0 Å². The number of aromatic carboxylic acids is 1. The Labute approximate surface area is 138 Å². The maximum atomic E-state index is 12.6. The van der Waals surface area contributed by atoms with Crippen molar-refractivity contribution in [2.45, 2.75) is 31.0 Å². The van der Waals surface area contributed by atoms with E-state index in [1.54, 1.807) is 4.57 Å². The summed E-state index contributed by atoms with van der Waals surface area (Å²) in [4.78, 5) is 24.0. The van der Waals surface area contributed by atoms with Crippen LogP contribution in [0.25, 0.3) is 0 Å². The predicted octanol–water partition coefficient (Wildman–Crippen LogP) is 3.17. The van der Waals surface area contributed by atoms with E-state index in [1.807, 2.05) is 37.3 Å². The Bertz CT molecular complexity index is 740. The molecule has 1 aromatic heterocycles. The number of carbonyl (C=O) groups excluding carboxylic acids is 1. The normalized spacial score (nSPS) is 14.3. The van der Waals surface area contributed by atoms with Gasteiger partial charge in [0.25, 0.3) is 5.91 Å². The smallest absolute Gasteiger partial charge is 0.338 e. The molecule has 0 bridgehead atoms. The second-order valence-corrected chi connectivity index (χ2v) is 6.48. The van der Waals surface area contributed by atoms with Crippen LogP contribution in [0.1, 0.15) is 45.8 Å². The van der Waals surface area contributed by atoms with Crippen molar-refractivity contribution >= 4 is 23.6 Å². The topological polar surface area (TPSA) is 71.3 Å². The molecule has 1 atom stereocenters. The van der Waals surface area contributed by atoms with Crippen molar-refractivity contribution in [2.24, 2.45) is 0 Å². The van der Waals surface area contributed by atoms with E-state index in [9.17, 15) is 14.7 Å². The van der Waals surface area contributed by atoms with Crippen LogP contribution in [0.2, 0.25) is 0 Å². The molecule has 1 aromatic carbocycles. The highest BCUT2D eigenvalue weighted by Gasteiger charge is 2.28. The first kappa shape index (κ1) is 15.7. The van der Waals surface area contributed by atoms with Crippen molar-refractivity contribution in [1.29, 1.82) is 0 Å². The number of amides is 1. The fourth-order valence-electron chi connectivity index (χ4n) is 2.82. The molecule has 2 N–H and O–H groups in total. The molecule has 2 aromatic rings. The largest absolute Gasteiger partial charge is 0.478 e. The summed E-state index contributed by atoms with van der Waals surface area (Å²) in [5, 5.41) is 13.0. The maximum Gasteiger partial charge on any atom is 0.338 e. The summed E-state index contributed by atoms with van der Waals surface area (Å²) in [5.74, 6) is -0.415. The summed E-state index contributed by atoms with van der Waals surface area (Å²) in [5.41, 5.74) is 1.69. The van der Waals surface area contributed by atoms with Crippen LogP contribution in [-0.2, 0) is 6.54 Å². The van der Waals surface area contributed by atoms with Gasteiger partial charge in [0.15, 0.2) is 0 Å². The Morgan fingerprint density at radius 1 is 1.35 bits per heavy atom. The molecular weight excluding hydrogens is 312 g/mol. The third-order valence-electron chi connectivity index (χ3n) is 3.98. The number of hydrogen-bond acceptors (Lipinski definition) is 3. The Morgan fingerprint density at radius 3 is 2.74 bits per heavy atom. The quantitative estimate of drug-likeness (QED) is 0.883. The minimum absolute atomic E-state index is 0.0859. The number of aromatic nitrogens is 1. The van der Waals surface area contributed by atoms with Gasteiger partial charge in [0, 0.05) is 12.3 Å². The van der Waals surface area contributed by atoms with Gasteiger partial charge in [0.1, 0.15) is 5.69 Å². The van der Waals surface area contributed by atoms with Crippen molar-refractivity contribution in [2.75, 3.05) is 5.75 Å². The molecule has 0 radical (unpaired) electrons. The summed E-state index contributed by atoms with van der Waals surface area (Å²) in [7, 11) is 0. The van der Waals surface area contributed by atoms with Crippen LogP contribution < -0.4 is 5.32 Å². The number of carbonyl (C=O) groups is 2. The van der Waals surface area contributed by atoms with Crippen molar-refractivity contribution in [1.82, 2.24) is 9.88 Å². The molecule has 2 heterocycles. The van der Waals surface area contributed by atoms with E-state index < -0.39 is 5.97 Å². The molecule has 0 unspecified atom stereocenters. The average molecular weight is 330 g/mol. The lowest BCUT2D eigenvalue weighted by atomic mass is 10.0. The predicted molar refractivity (Wildman–Crippen MR) is 89.1 cm³/mol. The molecule has 1 aliphatic heterocycles. The third-order valence-corrected chi connectivity index (χ3v) is 5.08. The van der Waals surface area contributed by atoms with Gasteiger partial charge in [-0.25, -0.2) is 4.79 Å². The molecule has 0 aliphatic carbocycles. The molecule has 0 fully saturated rings. The lowest BCUT2D eigenvalue weighted by molar-refractivity contribution is 0.0692. The van der Waals surface area contributed by atoms with Crippen LogP contribution in [0.5, 0.6) is 0 Å². The Morgan fingerprint density at radius 2 is 2.09 bits per heavy atom. The van der Waals surface area contributed by atoms with E-state index >= 15 is 0 Å². The highest BCUT2D eigenvalue weighted by Crippen LogP contribution is 2.33. The van der Waals surface area contributed by atoms with Crippen LogP contribution >= 0.6 is 11.8 Å². The molecule has 120 valence electrons. The summed E-state index contributed by atoms with van der Waals surface area (Å²) >= 11 is 1.48. The minimum atomic E-state index is -0.989. The molecule has 0 saturated carbocycles. The van der Waals surface area contributed by atoms with Crippen LogP contribution in [0, 0.1) is 0 Å². The van der Waals surface area contributed by atoms with Gasteiger partial charge in [-0.1, -0.05) is 37.3 Å². The number of fused-ring (bicyclic) bond motifs is 1. The van der Waals surface area contributed by atoms with E-state index in [1.165, 1.54) is 17.8 Å². The number of nitrogens with zero attached hydrogens (tertiary/aromatic N) is 1. The van der Waals surface area contributed by atoms with Gasteiger partial charge < -0.3 is 15.0 Å². The second-order valence-electron chi connectivity index (χ2n) is 5.40. The first-order valence-corrected chi connectivity index (χ1v) is 8.55. The lowest BCUT2D eigenvalue weighted by Crippen LogP contribution is -2.29. The van der Waals surface area contributed by atoms with Gasteiger partial charge in [-0.15, -0.1) is 11.8 Å². The second kappa shape index (κ2) is 6.50. The molecule has 0 spiro atoms. The van der Waals surface area contributed by atoms with Crippen LogP contribution in [0.15, 0.2) is 41.4 Å². The summed E-state index contributed by atoms with van der Waals surface area (Å²) in [6.45, 7) is 2.68. The third kappa shape index (κ3) is 2.99. The Kier molecular flexibility index (Phi) is 4.43. The van der Waals surface area contributed by atoms with Crippen LogP contribution in [0.4, 0.5) is 0 Å². The zero-order valence-corrected chi connectivity index (χ0v) is 13.6. The van der Waals surface area contributed by atoms with E-state index in [4.69, 9.17) is 0 Å². The molecule has 1 amide bonds. The van der Waals surface area contributed by atoms with Crippen molar-refractivity contribution in [3.05, 3.63) is 53.2 Å². The molecule has 6 heteroatoms. The highest BCUT2D eigenvalue weighted by molar-refractivity contribution is 7.99. The number of rotatable bonds is 5. The van der Waals surface area contributed by atoms with E-state index in [-0.39, 0.29) is 17.5 Å². The zero-order chi connectivity index (χ0) is 16.4. The van der Waals surface area contributed by atoms with Crippen LogP contribution in [-0.4, -0.2) is 27.3 Å². The Balaban J connectivity index is 1.86. The molecule has 5 nitrogen and oxygen atoms in total. The highest BCUT2D eigenvalue weighted by atomic mass is 32.2. The van der Waals surface area contributed by atoms with E-state index in [0.29, 0.717) is 17.3 Å².